The summed E-state index contributed by atoms with van der Waals surface area (Å²) in [6, 6.07) is 20.8. The van der Waals surface area contributed by atoms with Crippen LogP contribution in [0.1, 0.15) is 22.7 Å². The number of aliphatic hydroxyl groups is 1. The first kappa shape index (κ1) is 21.7. The van der Waals surface area contributed by atoms with Crippen LogP contribution in [0.25, 0.3) is 5.76 Å². The third kappa shape index (κ3) is 3.76. The molecule has 0 bridgehead atoms. The van der Waals surface area contributed by atoms with E-state index in [1.807, 2.05) is 74.4 Å². The highest BCUT2D eigenvalue weighted by atomic mass is 35.5. The Morgan fingerprint density at radius 1 is 0.938 bits per heavy atom. The molecule has 1 aliphatic rings. The Balaban J connectivity index is 1.94. The summed E-state index contributed by atoms with van der Waals surface area (Å²) < 4.78 is 0. The number of anilines is 2. The fraction of sp³-hybridized carbons (Fsp3) is 0.154. The summed E-state index contributed by atoms with van der Waals surface area (Å²) in [5.74, 6) is -1.61. The average Bonchev–Trinajstić information content (AvgIpc) is 3.05. The Hall–Kier alpha value is -3.57. The van der Waals surface area contributed by atoms with E-state index in [1.54, 1.807) is 24.3 Å². The lowest BCUT2D eigenvalue weighted by molar-refractivity contribution is -0.132. The van der Waals surface area contributed by atoms with Gasteiger partial charge in [-0.1, -0.05) is 41.9 Å². The molecule has 1 fully saturated rings. The van der Waals surface area contributed by atoms with Gasteiger partial charge in [-0.3, -0.25) is 14.5 Å². The minimum absolute atomic E-state index is 0.0539. The van der Waals surface area contributed by atoms with Crippen molar-refractivity contribution in [1.82, 2.24) is 0 Å². The first-order chi connectivity index (χ1) is 15.3. The molecule has 0 saturated carbocycles. The van der Waals surface area contributed by atoms with Crippen LogP contribution in [-0.4, -0.2) is 30.9 Å². The lowest BCUT2D eigenvalue weighted by atomic mass is 9.94. The summed E-state index contributed by atoms with van der Waals surface area (Å²) in [4.78, 5) is 29.9. The van der Waals surface area contributed by atoms with Crippen LogP contribution in [-0.2, 0) is 9.59 Å². The SMILES string of the molecule is Cc1ccccc1N1C(=O)C(=O)C(=C(O)c2ccc(Cl)cc2)C1c1ccc(N(C)C)cc1. The van der Waals surface area contributed by atoms with Gasteiger partial charge in [0, 0.05) is 36.1 Å². The van der Waals surface area contributed by atoms with Gasteiger partial charge < -0.3 is 10.0 Å². The predicted molar refractivity (Wildman–Crippen MR) is 128 cm³/mol. The average molecular weight is 447 g/mol. The van der Waals surface area contributed by atoms with Crippen molar-refractivity contribution in [1.29, 1.82) is 0 Å². The molecule has 162 valence electrons. The molecule has 5 nitrogen and oxygen atoms in total. The van der Waals surface area contributed by atoms with Gasteiger partial charge in [0.05, 0.1) is 11.6 Å². The van der Waals surface area contributed by atoms with E-state index in [2.05, 4.69) is 0 Å². The van der Waals surface area contributed by atoms with Gasteiger partial charge in [0.15, 0.2) is 0 Å². The number of hydrogen-bond acceptors (Lipinski definition) is 4. The van der Waals surface area contributed by atoms with Crippen LogP contribution in [0.2, 0.25) is 5.02 Å². The number of amides is 1. The summed E-state index contributed by atoms with van der Waals surface area (Å²) >= 11 is 5.98. The van der Waals surface area contributed by atoms with Crippen molar-refractivity contribution in [3.8, 4) is 0 Å². The molecule has 1 saturated heterocycles. The highest BCUT2D eigenvalue weighted by molar-refractivity contribution is 6.51. The maximum atomic E-state index is 13.2. The predicted octanol–water partition coefficient (Wildman–Crippen LogP) is 5.34. The Morgan fingerprint density at radius 2 is 1.56 bits per heavy atom. The summed E-state index contributed by atoms with van der Waals surface area (Å²) in [6.07, 6.45) is 0. The minimum atomic E-state index is -0.761. The zero-order chi connectivity index (χ0) is 23.0. The van der Waals surface area contributed by atoms with Gasteiger partial charge in [-0.25, -0.2) is 0 Å². The van der Waals surface area contributed by atoms with Crippen LogP contribution in [0, 0.1) is 6.92 Å². The van der Waals surface area contributed by atoms with Crippen molar-refractivity contribution in [2.75, 3.05) is 23.9 Å². The topological polar surface area (TPSA) is 60.9 Å². The summed E-state index contributed by atoms with van der Waals surface area (Å²) in [7, 11) is 3.88. The second kappa shape index (κ2) is 8.52. The van der Waals surface area contributed by atoms with Crippen LogP contribution in [0.4, 0.5) is 11.4 Å². The monoisotopic (exact) mass is 446 g/mol. The standard InChI is InChI=1S/C26H23ClN2O3/c1-16-6-4-5-7-21(16)29-23(17-10-14-20(15-11-17)28(2)3)22(25(31)26(29)32)24(30)18-8-12-19(27)13-9-18/h4-15,23,30H,1-3H3. The van der Waals surface area contributed by atoms with Crippen LogP contribution >= 0.6 is 11.6 Å². The van der Waals surface area contributed by atoms with E-state index in [0.29, 0.717) is 16.3 Å². The van der Waals surface area contributed by atoms with E-state index in [0.717, 1.165) is 16.8 Å². The number of carbonyl (C=O) groups excluding carboxylic acids is 2. The van der Waals surface area contributed by atoms with E-state index in [1.165, 1.54) is 4.90 Å². The molecule has 0 aliphatic carbocycles. The van der Waals surface area contributed by atoms with Crippen LogP contribution in [0.3, 0.4) is 0 Å². The zero-order valence-electron chi connectivity index (χ0n) is 18.0. The number of Topliss-reactive ketones (excluding diaryl/α,β-unsaturated/α-hetero) is 1. The summed E-state index contributed by atoms with van der Waals surface area (Å²) in [6.45, 7) is 1.89. The van der Waals surface area contributed by atoms with Crippen molar-refractivity contribution < 1.29 is 14.7 Å². The quantitative estimate of drug-likeness (QED) is 0.334. The lowest BCUT2D eigenvalue weighted by Crippen LogP contribution is -2.30. The van der Waals surface area contributed by atoms with Crippen LogP contribution in [0.15, 0.2) is 78.4 Å². The zero-order valence-corrected chi connectivity index (χ0v) is 18.8. The van der Waals surface area contributed by atoms with E-state index in [4.69, 9.17) is 11.6 Å². The number of aryl methyl sites for hydroxylation is 1. The van der Waals surface area contributed by atoms with Gasteiger partial charge >= 0.3 is 0 Å². The van der Waals surface area contributed by atoms with E-state index >= 15 is 0 Å². The Labute approximate surface area is 192 Å². The number of halogens is 1. The highest BCUT2D eigenvalue weighted by Crippen LogP contribution is 2.43. The second-order valence-electron chi connectivity index (χ2n) is 7.95. The number of ketones is 1. The molecular weight excluding hydrogens is 424 g/mol. The molecule has 1 unspecified atom stereocenters. The van der Waals surface area contributed by atoms with E-state index in [9.17, 15) is 14.7 Å². The van der Waals surface area contributed by atoms with Crippen molar-refractivity contribution >= 4 is 40.4 Å². The molecule has 1 heterocycles. The Bertz CT molecular complexity index is 1210. The molecule has 1 atom stereocenters. The van der Waals surface area contributed by atoms with Crippen molar-refractivity contribution in [2.24, 2.45) is 0 Å². The number of rotatable bonds is 4. The van der Waals surface area contributed by atoms with Crippen molar-refractivity contribution in [3.63, 3.8) is 0 Å². The normalized spacial score (nSPS) is 17.6. The number of para-hydroxylation sites is 1. The van der Waals surface area contributed by atoms with Gasteiger partial charge in [-0.15, -0.1) is 0 Å². The van der Waals surface area contributed by atoms with Crippen LogP contribution < -0.4 is 9.80 Å². The number of nitrogens with zero attached hydrogens (tertiary/aromatic N) is 2. The van der Waals surface area contributed by atoms with E-state index < -0.39 is 17.7 Å². The Morgan fingerprint density at radius 3 is 2.16 bits per heavy atom. The van der Waals surface area contributed by atoms with Gasteiger partial charge in [-0.2, -0.15) is 0 Å². The third-order valence-corrected chi connectivity index (χ3v) is 5.91. The molecule has 6 heteroatoms. The molecule has 3 aromatic carbocycles. The van der Waals surface area contributed by atoms with Crippen molar-refractivity contribution in [3.05, 3.63) is 100 Å². The van der Waals surface area contributed by atoms with Crippen molar-refractivity contribution in [2.45, 2.75) is 13.0 Å². The number of benzene rings is 3. The first-order valence-electron chi connectivity index (χ1n) is 10.2. The first-order valence-corrected chi connectivity index (χ1v) is 10.6. The molecular formula is C26H23ClN2O3. The lowest BCUT2D eigenvalue weighted by Gasteiger charge is -2.27. The Kier molecular flexibility index (Phi) is 5.76. The number of carbonyl (C=O) groups is 2. The molecule has 1 aliphatic heterocycles. The molecule has 1 amide bonds. The molecule has 32 heavy (non-hydrogen) atoms. The summed E-state index contributed by atoms with van der Waals surface area (Å²) in [5, 5.41) is 11.6. The third-order valence-electron chi connectivity index (χ3n) is 5.66. The molecule has 3 aromatic rings. The van der Waals surface area contributed by atoms with Gasteiger partial charge in [0.1, 0.15) is 5.76 Å². The minimum Gasteiger partial charge on any atom is -0.507 e. The maximum Gasteiger partial charge on any atom is 0.300 e. The molecule has 4 rings (SSSR count). The van der Waals surface area contributed by atoms with Gasteiger partial charge in [-0.05, 0) is 60.5 Å². The van der Waals surface area contributed by atoms with Gasteiger partial charge in [0.25, 0.3) is 11.7 Å². The summed E-state index contributed by atoms with van der Waals surface area (Å²) in [5.41, 5.74) is 3.68. The number of aliphatic hydroxyl groups excluding tert-OH is 1. The molecule has 0 aromatic heterocycles. The molecule has 0 spiro atoms. The highest BCUT2D eigenvalue weighted by Gasteiger charge is 2.47. The van der Waals surface area contributed by atoms with E-state index in [-0.39, 0.29) is 11.3 Å². The van der Waals surface area contributed by atoms with Crippen LogP contribution in [0.5, 0.6) is 0 Å². The maximum absolute atomic E-state index is 13.2. The molecule has 0 radical (unpaired) electrons. The fourth-order valence-electron chi connectivity index (χ4n) is 3.95. The second-order valence-corrected chi connectivity index (χ2v) is 8.38. The fourth-order valence-corrected chi connectivity index (χ4v) is 4.07. The smallest absolute Gasteiger partial charge is 0.300 e. The largest absolute Gasteiger partial charge is 0.507 e. The molecule has 1 N–H and O–H groups in total. The number of hydrogen-bond donors (Lipinski definition) is 1. The van der Waals surface area contributed by atoms with Gasteiger partial charge in [0.2, 0.25) is 0 Å².